The van der Waals surface area contributed by atoms with E-state index < -0.39 is 0 Å². The van der Waals surface area contributed by atoms with Crippen molar-refractivity contribution < 1.29 is 5.11 Å². The fraction of sp³-hybridized carbons (Fsp3) is 0.217. The lowest BCUT2D eigenvalue weighted by molar-refractivity contribution is 0.475. The van der Waals surface area contributed by atoms with Crippen molar-refractivity contribution in [2.75, 3.05) is 4.90 Å². The summed E-state index contributed by atoms with van der Waals surface area (Å²) in [6.45, 7) is 5.92. The van der Waals surface area contributed by atoms with E-state index in [1.165, 1.54) is 17.5 Å². The van der Waals surface area contributed by atoms with Crippen molar-refractivity contribution in [2.45, 2.75) is 33.4 Å². The molecular weight excluding hydrogens is 306 g/mol. The Bertz CT molecular complexity index is 667. The summed E-state index contributed by atoms with van der Waals surface area (Å²) in [6.07, 6.45) is 1.25. The molecule has 0 bridgehead atoms. The number of hydrogen-bond donors (Lipinski definition) is 1. The lowest BCUT2D eigenvalue weighted by Crippen LogP contribution is -2.21. The minimum absolute atomic E-state index is 0.295. The Morgan fingerprint density at radius 3 is 1.44 bits per heavy atom. The molecule has 0 atom stereocenters. The van der Waals surface area contributed by atoms with Crippen LogP contribution in [-0.4, -0.2) is 5.11 Å². The first kappa shape index (κ1) is 18.6. The Morgan fingerprint density at radius 1 is 0.640 bits per heavy atom. The van der Waals surface area contributed by atoms with Crippen molar-refractivity contribution in [2.24, 2.45) is 0 Å². The molecule has 0 radical (unpaired) electrons. The summed E-state index contributed by atoms with van der Waals surface area (Å²) in [4.78, 5) is 2.31. The van der Waals surface area contributed by atoms with Gasteiger partial charge < -0.3 is 10.0 Å². The van der Waals surface area contributed by atoms with Crippen molar-refractivity contribution in [3.63, 3.8) is 0 Å². The maximum absolute atomic E-state index is 9.50. The molecule has 0 aliphatic rings. The quantitative estimate of drug-likeness (QED) is 0.617. The van der Waals surface area contributed by atoms with E-state index in [4.69, 9.17) is 0 Å². The largest absolute Gasteiger partial charge is 0.508 e. The first-order valence-corrected chi connectivity index (χ1v) is 8.84. The van der Waals surface area contributed by atoms with E-state index in [2.05, 4.69) is 67.3 Å². The van der Waals surface area contributed by atoms with Gasteiger partial charge >= 0.3 is 0 Å². The maximum Gasteiger partial charge on any atom is 0.115 e. The third-order valence-electron chi connectivity index (χ3n) is 3.65. The van der Waals surface area contributed by atoms with Gasteiger partial charge in [-0.3, -0.25) is 0 Å². The van der Waals surface area contributed by atoms with E-state index in [1.54, 1.807) is 12.1 Å². The number of nitrogens with zero attached hydrogens (tertiary/aromatic N) is 1. The number of hydrogen-bond acceptors (Lipinski definition) is 2. The van der Waals surface area contributed by atoms with Gasteiger partial charge in [0.2, 0.25) is 0 Å². The third-order valence-corrected chi connectivity index (χ3v) is 3.65. The van der Waals surface area contributed by atoms with Crippen LogP contribution in [0.1, 0.15) is 31.4 Å². The van der Waals surface area contributed by atoms with Crippen LogP contribution in [0.5, 0.6) is 5.75 Å². The molecule has 3 aromatic carbocycles. The molecular formula is C23H27NO. The van der Waals surface area contributed by atoms with Gasteiger partial charge in [-0.25, -0.2) is 0 Å². The van der Waals surface area contributed by atoms with Crippen molar-refractivity contribution >= 4 is 5.69 Å². The van der Waals surface area contributed by atoms with Crippen molar-refractivity contribution in [1.82, 2.24) is 0 Å². The zero-order valence-corrected chi connectivity index (χ0v) is 15.1. The van der Waals surface area contributed by atoms with Gasteiger partial charge in [-0.15, -0.1) is 0 Å². The normalized spacial score (nSPS) is 9.84. The zero-order chi connectivity index (χ0) is 17.9. The Kier molecular flexibility index (Phi) is 7.58. The first-order chi connectivity index (χ1) is 12.2. The van der Waals surface area contributed by atoms with Crippen LogP contribution < -0.4 is 4.90 Å². The fourth-order valence-electron chi connectivity index (χ4n) is 2.51. The van der Waals surface area contributed by atoms with Crippen LogP contribution in [0, 0.1) is 0 Å². The Labute approximate surface area is 151 Å². The van der Waals surface area contributed by atoms with Crippen molar-refractivity contribution in [3.8, 4) is 5.75 Å². The first-order valence-electron chi connectivity index (χ1n) is 8.84. The second-order valence-electron chi connectivity index (χ2n) is 6.05. The predicted molar refractivity (Wildman–Crippen MR) is 107 cm³/mol. The highest BCUT2D eigenvalue weighted by atomic mass is 16.3. The lowest BCUT2D eigenvalue weighted by Gasteiger charge is -2.25. The van der Waals surface area contributed by atoms with Crippen LogP contribution in [-0.2, 0) is 13.1 Å². The summed E-state index contributed by atoms with van der Waals surface area (Å²) < 4.78 is 0. The summed E-state index contributed by atoms with van der Waals surface area (Å²) >= 11 is 0. The lowest BCUT2D eigenvalue weighted by atomic mass is 10.1. The second-order valence-corrected chi connectivity index (χ2v) is 6.05. The summed E-state index contributed by atoms with van der Waals surface area (Å²) in [5.41, 5.74) is 3.64. The molecule has 130 valence electrons. The molecule has 0 amide bonds. The molecule has 25 heavy (non-hydrogen) atoms. The average molecular weight is 333 g/mol. The molecule has 0 fully saturated rings. The molecule has 0 aromatic heterocycles. The van der Waals surface area contributed by atoms with Gasteiger partial charge in [0.25, 0.3) is 0 Å². The number of phenolic OH excluding ortho intramolecular Hbond substituents is 1. The number of aromatic hydroxyl groups is 1. The molecule has 3 rings (SSSR count). The zero-order valence-electron chi connectivity index (χ0n) is 15.1. The van der Waals surface area contributed by atoms with Crippen LogP contribution >= 0.6 is 0 Å². The molecule has 0 heterocycles. The monoisotopic (exact) mass is 333 g/mol. The number of benzene rings is 3. The van der Waals surface area contributed by atoms with Gasteiger partial charge in [0, 0.05) is 18.8 Å². The highest BCUT2D eigenvalue weighted by Gasteiger charge is 2.08. The second kappa shape index (κ2) is 10.2. The van der Waals surface area contributed by atoms with E-state index in [0.717, 1.165) is 18.8 Å². The summed E-state index contributed by atoms with van der Waals surface area (Å²) in [6, 6.07) is 28.3. The average Bonchev–Trinajstić information content (AvgIpc) is 2.64. The highest BCUT2D eigenvalue weighted by Crippen LogP contribution is 2.22. The molecule has 1 N–H and O–H groups in total. The Balaban J connectivity index is 0.000000701. The molecule has 0 saturated heterocycles. The van der Waals surface area contributed by atoms with Gasteiger partial charge in [-0.05, 0) is 35.4 Å². The smallest absolute Gasteiger partial charge is 0.115 e. The summed E-state index contributed by atoms with van der Waals surface area (Å²) in [7, 11) is 0. The molecule has 2 heteroatoms. The predicted octanol–water partition coefficient (Wildman–Crippen LogP) is 6.02. The van der Waals surface area contributed by atoms with E-state index in [9.17, 15) is 5.11 Å². The van der Waals surface area contributed by atoms with Crippen LogP contribution in [0.3, 0.4) is 0 Å². The van der Waals surface area contributed by atoms with Gasteiger partial charge in [-0.1, -0.05) is 80.9 Å². The van der Waals surface area contributed by atoms with E-state index in [-0.39, 0.29) is 0 Å². The number of anilines is 1. The standard InChI is InChI=1S/C20H19NO.C3H8/c22-20-13-11-19(12-14-20)21(15-17-7-3-1-4-8-17)16-18-9-5-2-6-10-18;1-3-2/h1-14,22H,15-16H2;3H2,1-2H3. The number of rotatable bonds is 5. The molecule has 0 aliphatic heterocycles. The minimum Gasteiger partial charge on any atom is -0.508 e. The van der Waals surface area contributed by atoms with E-state index in [1.807, 2.05) is 24.3 Å². The van der Waals surface area contributed by atoms with E-state index >= 15 is 0 Å². The van der Waals surface area contributed by atoms with Gasteiger partial charge in [-0.2, -0.15) is 0 Å². The molecule has 2 nitrogen and oxygen atoms in total. The SMILES string of the molecule is CCC.Oc1ccc(N(Cc2ccccc2)Cc2ccccc2)cc1. The molecule has 0 unspecified atom stereocenters. The van der Waals surface area contributed by atoms with Crippen LogP contribution in [0.4, 0.5) is 5.69 Å². The van der Waals surface area contributed by atoms with E-state index in [0.29, 0.717) is 5.75 Å². The van der Waals surface area contributed by atoms with Crippen LogP contribution in [0.2, 0.25) is 0 Å². The molecule has 0 saturated carbocycles. The van der Waals surface area contributed by atoms with Crippen molar-refractivity contribution in [3.05, 3.63) is 96.1 Å². The fourth-order valence-corrected chi connectivity index (χ4v) is 2.51. The molecule has 3 aromatic rings. The maximum atomic E-state index is 9.50. The number of phenols is 1. The summed E-state index contributed by atoms with van der Waals surface area (Å²) in [5, 5.41) is 9.50. The van der Waals surface area contributed by atoms with Gasteiger partial charge in [0.1, 0.15) is 5.75 Å². The van der Waals surface area contributed by atoms with Gasteiger partial charge in [0.05, 0.1) is 0 Å². The Morgan fingerprint density at radius 2 is 1.04 bits per heavy atom. The highest BCUT2D eigenvalue weighted by molar-refractivity contribution is 5.50. The van der Waals surface area contributed by atoms with Crippen LogP contribution in [0.15, 0.2) is 84.9 Å². The topological polar surface area (TPSA) is 23.5 Å². The molecule has 0 aliphatic carbocycles. The van der Waals surface area contributed by atoms with Crippen molar-refractivity contribution in [1.29, 1.82) is 0 Å². The summed E-state index contributed by atoms with van der Waals surface area (Å²) in [5.74, 6) is 0.295. The van der Waals surface area contributed by atoms with Crippen LogP contribution in [0.25, 0.3) is 0 Å². The third kappa shape index (κ3) is 6.34. The van der Waals surface area contributed by atoms with Gasteiger partial charge in [0.15, 0.2) is 0 Å². The minimum atomic E-state index is 0.295. The Hall–Kier alpha value is -2.74. The molecule has 0 spiro atoms.